The molecule has 0 radical (unpaired) electrons. The number of nitrogens with zero attached hydrogens (tertiary/aromatic N) is 2. The Balaban J connectivity index is 0.00000364. The Kier molecular flexibility index (Phi) is 10.6. The highest BCUT2D eigenvalue weighted by atomic mass is 127. The Morgan fingerprint density at radius 2 is 1.96 bits per heavy atom. The lowest BCUT2D eigenvalue weighted by Gasteiger charge is -2.22. The zero-order valence-corrected chi connectivity index (χ0v) is 19.4. The summed E-state index contributed by atoms with van der Waals surface area (Å²) in [5.41, 5.74) is 0.953. The second-order valence-corrected chi connectivity index (χ2v) is 8.35. The largest absolute Gasteiger partial charge is 0.379 e. The molecule has 0 aromatic heterocycles. The second kappa shape index (κ2) is 11.8. The first-order valence-electron chi connectivity index (χ1n) is 9.06. The van der Waals surface area contributed by atoms with E-state index in [4.69, 9.17) is 4.74 Å². The van der Waals surface area contributed by atoms with Crippen LogP contribution in [0.2, 0.25) is 0 Å². The number of aliphatic imine (C=N–C) groups is 1. The minimum atomic E-state index is -3.40. The van der Waals surface area contributed by atoms with Gasteiger partial charge in [-0.15, -0.1) is 24.0 Å². The number of rotatable bonds is 10. The van der Waals surface area contributed by atoms with E-state index in [-0.39, 0.29) is 28.9 Å². The Labute approximate surface area is 180 Å². The van der Waals surface area contributed by atoms with Crippen molar-refractivity contribution in [1.82, 2.24) is 14.9 Å². The summed E-state index contributed by atoms with van der Waals surface area (Å²) in [4.78, 5) is 6.94. The van der Waals surface area contributed by atoms with E-state index in [9.17, 15) is 8.42 Å². The topological polar surface area (TPSA) is 83.0 Å². The number of benzene rings is 1. The molecule has 2 N–H and O–H groups in total. The van der Waals surface area contributed by atoms with Crippen molar-refractivity contribution in [2.75, 3.05) is 40.4 Å². The maximum Gasteiger partial charge on any atom is 0.240 e. The summed E-state index contributed by atoms with van der Waals surface area (Å²) in [7, 11) is -0.00935. The van der Waals surface area contributed by atoms with Crippen LogP contribution >= 0.6 is 24.0 Å². The number of likely N-dealkylation sites (N-methyl/N-ethyl adjacent to an activating group) is 1. The number of hydrogen-bond acceptors (Lipinski definition) is 4. The van der Waals surface area contributed by atoms with Crippen LogP contribution in [-0.2, 0) is 21.3 Å². The van der Waals surface area contributed by atoms with E-state index in [2.05, 4.69) is 19.9 Å². The molecule has 1 aromatic rings. The summed E-state index contributed by atoms with van der Waals surface area (Å²) < 4.78 is 31.5. The van der Waals surface area contributed by atoms with Crippen molar-refractivity contribution in [2.24, 2.45) is 10.9 Å². The van der Waals surface area contributed by atoms with Gasteiger partial charge in [-0.3, -0.25) is 0 Å². The Morgan fingerprint density at radius 1 is 1.30 bits per heavy atom. The molecule has 1 aliphatic carbocycles. The van der Waals surface area contributed by atoms with Gasteiger partial charge >= 0.3 is 0 Å². The van der Waals surface area contributed by atoms with E-state index in [1.54, 1.807) is 24.3 Å². The molecule has 154 valence electrons. The number of ether oxygens (including phenoxy) is 1. The molecule has 0 aliphatic heterocycles. The second-order valence-electron chi connectivity index (χ2n) is 6.46. The monoisotopic (exact) mass is 510 g/mol. The molecule has 27 heavy (non-hydrogen) atoms. The molecule has 9 heteroatoms. The van der Waals surface area contributed by atoms with Crippen molar-refractivity contribution < 1.29 is 13.2 Å². The van der Waals surface area contributed by atoms with Crippen LogP contribution in [0.25, 0.3) is 0 Å². The van der Waals surface area contributed by atoms with E-state index < -0.39 is 10.0 Å². The van der Waals surface area contributed by atoms with Crippen LogP contribution in [-0.4, -0.2) is 59.7 Å². The van der Waals surface area contributed by atoms with Crippen LogP contribution in [0.3, 0.4) is 0 Å². The molecular formula is C18H31IN4O3S. The van der Waals surface area contributed by atoms with Crippen molar-refractivity contribution in [3.05, 3.63) is 29.8 Å². The first kappa shape index (κ1) is 24.1. The highest BCUT2D eigenvalue weighted by Gasteiger charge is 2.21. The smallest absolute Gasteiger partial charge is 0.240 e. The lowest BCUT2D eigenvalue weighted by Crippen LogP contribution is -2.40. The zero-order chi connectivity index (χ0) is 19.0. The average molecular weight is 510 g/mol. The molecule has 0 spiro atoms. The lowest BCUT2D eigenvalue weighted by molar-refractivity contribution is 0.115. The zero-order valence-electron chi connectivity index (χ0n) is 16.3. The van der Waals surface area contributed by atoms with E-state index in [1.807, 2.05) is 14.0 Å². The number of nitrogens with one attached hydrogen (secondary N) is 2. The van der Waals surface area contributed by atoms with Crippen molar-refractivity contribution in [3.8, 4) is 0 Å². The van der Waals surface area contributed by atoms with Gasteiger partial charge in [0.2, 0.25) is 10.0 Å². The summed E-state index contributed by atoms with van der Waals surface area (Å²) >= 11 is 0. The summed E-state index contributed by atoms with van der Waals surface area (Å²) in [5, 5.41) is 3.27. The molecule has 0 heterocycles. The van der Waals surface area contributed by atoms with E-state index in [0.717, 1.165) is 37.1 Å². The Hall–Kier alpha value is -0.910. The molecule has 1 aliphatic rings. The van der Waals surface area contributed by atoms with E-state index >= 15 is 0 Å². The van der Waals surface area contributed by atoms with Gasteiger partial charge in [-0.1, -0.05) is 12.1 Å². The molecule has 0 bridgehead atoms. The van der Waals surface area contributed by atoms with E-state index in [0.29, 0.717) is 13.2 Å². The fourth-order valence-electron chi connectivity index (χ4n) is 2.37. The maximum absolute atomic E-state index is 11.8. The predicted molar refractivity (Wildman–Crippen MR) is 119 cm³/mol. The van der Waals surface area contributed by atoms with Crippen molar-refractivity contribution in [3.63, 3.8) is 0 Å². The molecule has 7 nitrogen and oxygen atoms in total. The number of hydrogen-bond donors (Lipinski definition) is 2. The standard InChI is InChI=1S/C18H30N4O3S.HI/c1-4-20-18(22(3)11-12-25-14-16-5-6-16)21-13-15-7-9-17(10-8-15)26(23,24)19-2;/h7-10,16,19H,4-6,11-14H2,1-3H3,(H,20,21);1H. The third-order valence-electron chi connectivity index (χ3n) is 4.23. The van der Waals surface area contributed by atoms with E-state index in [1.165, 1.54) is 19.9 Å². The fourth-order valence-corrected chi connectivity index (χ4v) is 3.10. The average Bonchev–Trinajstić information content (AvgIpc) is 3.47. The van der Waals surface area contributed by atoms with Crippen LogP contribution in [0.4, 0.5) is 0 Å². The molecule has 1 fully saturated rings. The van der Waals surface area contributed by atoms with Crippen molar-refractivity contribution >= 4 is 40.0 Å². The van der Waals surface area contributed by atoms with Crippen LogP contribution in [0.15, 0.2) is 34.2 Å². The molecule has 0 amide bonds. The SMILES string of the molecule is CCNC(=NCc1ccc(S(=O)(=O)NC)cc1)N(C)CCOCC1CC1.I. The van der Waals surface area contributed by atoms with Crippen LogP contribution in [0, 0.1) is 5.92 Å². The molecular weight excluding hydrogens is 479 g/mol. The minimum absolute atomic E-state index is 0. The van der Waals surface area contributed by atoms with Gasteiger partial charge in [-0.2, -0.15) is 0 Å². The highest BCUT2D eigenvalue weighted by molar-refractivity contribution is 14.0. The fraction of sp³-hybridized carbons (Fsp3) is 0.611. The van der Waals surface area contributed by atoms with Crippen molar-refractivity contribution in [2.45, 2.75) is 31.2 Å². The van der Waals surface area contributed by atoms with Crippen LogP contribution in [0.5, 0.6) is 0 Å². The molecule has 2 rings (SSSR count). The minimum Gasteiger partial charge on any atom is -0.379 e. The number of sulfonamides is 1. The first-order valence-corrected chi connectivity index (χ1v) is 10.5. The Bertz CT molecular complexity index is 691. The predicted octanol–water partition coefficient (Wildman–Crippen LogP) is 2.04. The lowest BCUT2D eigenvalue weighted by atomic mass is 10.2. The summed E-state index contributed by atoms with van der Waals surface area (Å²) in [5.74, 6) is 1.59. The summed E-state index contributed by atoms with van der Waals surface area (Å²) in [6.07, 6.45) is 2.60. The van der Waals surface area contributed by atoms with Gasteiger partial charge in [0.15, 0.2) is 5.96 Å². The summed E-state index contributed by atoms with van der Waals surface area (Å²) in [6, 6.07) is 6.77. The van der Waals surface area contributed by atoms with Gasteiger partial charge in [0.1, 0.15) is 0 Å². The normalized spacial score (nSPS) is 14.6. The third kappa shape index (κ3) is 8.32. The molecule has 0 unspecified atom stereocenters. The third-order valence-corrected chi connectivity index (χ3v) is 5.66. The number of halogens is 1. The maximum atomic E-state index is 11.8. The van der Waals surface area contributed by atoms with Gasteiger partial charge in [0, 0.05) is 26.7 Å². The quantitative estimate of drug-likeness (QED) is 0.218. The summed E-state index contributed by atoms with van der Waals surface area (Å²) in [6.45, 7) is 5.63. The van der Waals surface area contributed by atoms with Crippen LogP contribution in [0.1, 0.15) is 25.3 Å². The first-order chi connectivity index (χ1) is 12.5. The molecule has 1 aromatic carbocycles. The van der Waals surface area contributed by atoms with Gasteiger partial charge in [-0.25, -0.2) is 18.1 Å². The molecule has 0 saturated heterocycles. The van der Waals surface area contributed by atoms with Gasteiger partial charge in [-0.05, 0) is 50.4 Å². The molecule has 1 saturated carbocycles. The van der Waals surface area contributed by atoms with Gasteiger partial charge < -0.3 is 15.0 Å². The van der Waals surface area contributed by atoms with Gasteiger partial charge in [0.25, 0.3) is 0 Å². The Morgan fingerprint density at radius 3 is 2.52 bits per heavy atom. The van der Waals surface area contributed by atoms with Crippen LogP contribution < -0.4 is 10.0 Å². The van der Waals surface area contributed by atoms with Crippen molar-refractivity contribution in [1.29, 1.82) is 0 Å². The van der Waals surface area contributed by atoms with Gasteiger partial charge in [0.05, 0.1) is 18.0 Å². The number of guanidine groups is 1. The molecule has 0 atom stereocenters. The highest BCUT2D eigenvalue weighted by Crippen LogP contribution is 2.28.